The number of rotatable bonds is 4. The number of aromatic hydroxyl groups is 1. The molecule has 0 saturated carbocycles. The van der Waals surface area contributed by atoms with Crippen molar-refractivity contribution in [3.05, 3.63) is 83.4 Å². The van der Waals surface area contributed by atoms with Gasteiger partial charge in [-0.05, 0) is 46.7 Å². The van der Waals surface area contributed by atoms with Crippen molar-refractivity contribution in [3.8, 4) is 5.75 Å². The molecule has 0 spiro atoms. The number of benzene rings is 3. The van der Waals surface area contributed by atoms with Crippen LogP contribution in [0.4, 0.5) is 5.69 Å². The van der Waals surface area contributed by atoms with Crippen molar-refractivity contribution in [2.45, 2.75) is 62.2 Å². The fourth-order valence-electron chi connectivity index (χ4n) is 3.16. The SMILES string of the molecule is CC(C)(C)c1cc(C=Nc2ccccc2Sc2ccccc2)c(O)c(C(C)(C)C)c1.[Cl-].[Cl-].[Cl-].[Ti+3]. The summed E-state index contributed by atoms with van der Waals surface area (Å²) in [5.41, 5.74) is 3.62. The van der Waals surface area contributed by atoms with Crippen molar-refractivity contribution < 1.29 is 64.0 Å². The van der Waals surface area contributed by atoms with Crippen LogP contribution in [0, 0.1) is 0 Å². The molecule has 0 aliphatic heterocycles. The third kappa shape index (κ3) is 9.26. The van der Waals surface area contributed by atoms with Crippen LogP contribution < -0.4 is 37.2 Å². The van der Waals surface area contributed by atoms with E-state index in [1.807, 2.05) is 36.4 Å². The summed E-state index contributed by atoms with van der Waals surface area (Å²) in [7, 11) is 0. The van der Waals surface area contributed by atoms with Gasteiger partial charge in [-0.3, -0.25) is 4.99 Å². The predicted molar refractivity (Wildman–Crippen MR) is 130 cm³/mol. The van der Waals surface area contributed by atoms with Gasteiger partial charge in [0.25, 0.3) is 0 Å². The molecule has 0 amide bonds. The number of halogens is 3. The molecule has 0 heterocycles. The fraction of sp³-hybridized carbons (Fsp3) is 0.296. The molecule has 1 N–H and O–H groups in total. The fourth-order valence-corrected chi connectivity index (χ4v) is 4.08. The molecule has 0 atom stereocenters. The zero-order valence-corrected chi connectivity index (χ0v) is 25.0. The zero-order valence-electron chi connectivity index (χ0n) is 20.4. The van der Waals surface area contributed by atoms with E-state index < -0.39 is 0 Å². The Labute approximate surface area is 242 Å². The number of hydrogen-bond acceptors (Lipinski definition) is 3. The van der Waals surface area contributed by atoms with Crippen molar-refractivity contribution in [3.63, 3.8) is 0 Å². The van der Waals surface area contributed by atoms with E-state index in [1.54, 1.807) is 18.0 Å². The molecule has 0 saturated heterocycles. The molecule has 3 aromatic carbocycles. The van der Waals surface area contributed by atoms with Crippen LogP contribution in [0.3, 0.4) is 0 Å². The molecule has 0 aliphatic rings. The zero-order chi connectivity index (χ0) is 21.9. The first-order valence-corrected chi connectivity index (χ1v) is 11.1. The molecule has 0 aliphatic carbocycles. The molecular formula is C27H31Cl3NOSTi. The van der Waals surface area contributed by atoms with E-state index in [0.29, 0.717) is 5.75 Å². The van der Waals surface area contributed by atoms with Gasteiger partial charge in [0, 0.05) is 27.1 Å². The van der Waals surface area contributed by atoms with E-state index in [4.69, 9.17) is 4.99 Å². The Morgan fingerprint density at radius 3 is 1.88 bits per heavy atom. The van der Waals surface area contributed by atoms with Crippen molar-refractivity contribution in [1.82, 2.24) is 0 Å². The van der Waals surface area contributed by atoms with Gasteiger partial charge in [0.2, 0.25) is 0 Å². The predicted octanol–water partition coefficient (Wildman–Crippen LogP) is -1.10. The molecule has 181 valence electrons. The smallest absolute Gasteiger partial charge is 1.00 e. The molecule has 0 aromatic heterocycles. The summed E-state index contributed by atoms with van der Waals surface area (Å²) < 4.78 is 0. The minimum atomic E-state index is -0.158. The van der Waals surface area contributed by atoms with Gasteiger partial charge in [-0.2, -0.15) is 0 Å². The Bertz CT molecular complexity index is 1060. The van der Waals surface area contributed by atoms with Gasteiger partial charge in [0.15, 0.2) is 0 Å². The number of aliphatic imine (C=N–C) groups is 1. The summed E-state index contributed by atoms with van der Waals surface area (Å²) >= 11 is 1.69. The van der Waals surface area contributed by atoms with Crippen molar-refractivity contribution in [2.75, 3.05) is 0 Å². The first kappa shape index (κ1) is 35.2. The van der Waals surface area contributed by atoms with E-state index in [2.05, 4.69) is 71.9 Å². The standard InChI is InChI=1S/C27H31NOS.3ClH.Ti/c1-26(2,3)20-16-19(25(29)22(17-20)27(4,5)6)18-28-23-14-10-11-15-24(23)30-21-12-8-7-9-13-21;;;;/h7-18,29H,1-6H3;3*1H;/q;;;;+3/p-3. The Kier molecular flexibility index (Phi) is 15.1. The first-order valence-electron chi connectivity index (χ1n) is 10.3. The third-order valence-electron chi connectivity index (χ3n) is 4.99. The quantitative estimate of drug-likeness (QED) is 0.319. The van der Waals surface area contributed by atoms with Gasteiger partial charge in [0.1, 0.15) is 5.75 Å². The second-order valence-electron chi connectivity index (χ2n) is 9.60. The van der Waals surface area contributed by atoms with E-state index in [-0.39, 0.29) is 69.8 Å². The monoisotopic (exact) mass is 570 g/mol. The molecule has 34 heavy (non-hydrogen) atoms. The van der Waals surface area contributed by atoms with Crippen LogP contribution in [0.2, 0.25) is 0 Å². The largest absolute Gasteiger partial charge is 3.00 e. The number of hydrogen-bond donors (Lipinski definition) is 1. The summed E-state index contributed by atoms with van der Waals surface area (Å²) in [4.78, 5) is 7.03. The summed E-state index contributed by atoms with van der Waals surface area (Å²) in [5.74, 6) is 0.312. The van der Waals surface area contributed by atoms with E-state index in [9.17, 15) is 5.11 Å². The maximum atomic E-state index is 11.0. The Morgan fingerprint density at radius 2 is 1.32 bits per heavy atom. The van der Waals surface area contributed by atoms with Gasteiger partial charge >= 0.3 is 21.7 Å². The van der Waals surface area contributed by atoms with Crippen molar-refractivity contribution >= 4 is 23.7 Å². The average Bonchev–Trinajstić information content (AvgIpc) is 2.67. The maximum absolute atomic E-state index is 11.0. The van der Waals surface area contributed by atoms with Crippen LogP contribution in [0.15, 0.2) is 81.5 Å². The molecule has 0 fully saturated rings. The molecule has 7 heteroatoms. The summed E-state index contributed by atoms with van der Waals surface area (Å²) in [5, 5.41) is 11.0. The van der Waals surface area contributed by atoms with E-state index >= 15 is 0 Å². The summed E-state index contributed by atoms with van der Waals surface area (Å²) in [6, 6.07) is 22.6. The van der Waals surface area contributed by atoms with Gasteiger partial charge in [-0.1, -0.05) is 89.7 Å². The average molecular weight is 572 g/mol. The van der Waals surface area contributed by atoms with Crippen LogP contribution in [0.1, 0.15) is 58.2 Å². The Hall–Kier alpha value is -0.936. The molecule has 3 aromatic rings. The Balaban J connectivity index is 0. The topological polar surface area (TPSA) is 32.6 Å². The minimum absolute atomic E-state index is 0. The van der Waals surface area contributed by atoms with Gasteiger partial charge in [0.05, 0.1) is 5.69 Å². The van der Waals surface area contributed by atoms with Gasteiger partial charge in [-0.15, -0.1) is 0 Å². The van der Waals surface area contributed by atoms with Crippen molar-refractivity contribution in [2.24, 2.45) is 4.99 Å². The second kappa shape index (κ2) is 14.6. The first-order chi connectivity index (χ1) is 14.1. The molecule has 3 rings (SSSR count). The normalized spacial score (nSPS) is 11.0. The van der Waals surface area contributed by atoms with E-state index in [0.717, 1.165) is 21.7 Å². The maximum Gasteiger partial charge on any atom is 3.00 e. The number of phenols is 1. The van der Waals surface area contributed by atoms with Crippen LogP contribution in [0.5, 0.6) is 5.75 Å². The minimum Gasteiger partial charge on any atom is -1.00 e. The molecule has 2 nitrogen and oxygen atoms in total. The molecular weight excluding hydrogens is 541 g/mol. The van der Waals surface area contributed by atoms with Crippen molar-refractivity contribution in [1.29, 1.82) is 0 Å². The number of para-hydroxylation sites is 1. The van der Waals surface area contributed by atoms with Gasteiger partial charge < -0.3 is 42.3 Å². The van der Waals surface area contributed by atoms with Crippen LogP contribution in [-0.4, -0.2) is 11.3 Å². The second-order valence-corrected chi connectivity index (χ2v) is 10.7. The summed E-state index contributed by atoms with van der Waals surface area (Å²) in [6.45, 7) is 13.0. The molecule has 0 bridgehead atoms. The van der Waals surface area contributed by atoms with Crippen LogP contribution in [0.25, 0.3) is 0 Å². The molecule has 0 unspecified atom stereocenters. The van der Waals surface area contributed by atoms with E-state index in [1.165, 1.54) is 10.5 Å². The third-order valence-corrected chi connectivity index (χ3v) is 6.07. The van der Waals surface area contributed by atoms with Crippen LogP contribution in [-0.2, 0) is 32.5 Å². The number of nitrogens with zero attached hydrogens (tertiary/aromatic N) is 1. The number of phenolic OH excluding ortho intramolecular Hbond substituents is 1. The van der Waals surface area contributed by atoms with Gasteiger partial charge in [-0.25, -0.2) is 0 Å². The van der Waals surface area contributed by atoms with Crippen LogP contribution >= 0.6 is 11.8 Å². The summed E-state index contributed by atoms with van der Waals surface area (Å²) in [6.07, 6.45) is 1.80. The molecule has 1 radical (unpaired) electrons. The Morgan fingerprint density at radius 1 is 0.765 bits per heavy atom.